The van der Waals surface area contributed by atoms with E-state index in [9.17, 15) is 8.78 Å². The van der Waals surface area contributed by atoms with Gasteiger partial charge in [0.15, 0.2) is 6.61 Å². The lowest BCUT2D eigenvalue weighted by molar-refractivity contribution is 0.0817. The molecule has 0 unspecified atom stereocenters. The number of ether oxygens (including phenoxy) is 1. The molecular weight excluding hydrogens is 174 g/mol. The van der Waals surface area contributed by atoms with Crippen LogP contribution in [-0.2, 0) is 0 Å². The van der Waals surface area contributed by atoms with Gasteiger partial charge >= 0.3 is 0 Å². The van der Waals surface area contributed by atoms with Crippen LogP contribution in [0.1, 0.15) is 5.82 Å². The summed E-state index contributed by atoms with van der Waals surface area (Å²) in [4.78, 5) is 3.73. The Kier molecular flexibility index (Phi) is 2.70. The molecule has 1 rings (SSSR count). The van der Waals surface area contributed by atoms with Gasteiger partial charge in [0.05, 0.1) is 0 Å². The zero-order valence-electron chi connectivity index (χ0n) is 5.75. The zero-order valence-corrected chi connectivity index (χ0v) is 6.57. The second-order valence-corrected chi connectivity index (χ2v) is 2.52. The van der Waals surface area contributed by atoms with Crippen LogP contribution in [0, 0.1) is 6.92 Å². The monoisotopic (exact) mass is 180 g/mol. The summed E-state index contributed by atoms with van der Waals surface area (Å²) in [7, 11) is 0. The SMILES string of the molecule is Cc1nsc(OCC(F)F)n1. The summed E-state index contributed by atoms with van der Waals surface area (Å²) >= 11 is 0.975. The number of aryl methyl sites for hydroxylation is 1. The van der Waals surface area contributed by atoms with Crippen molar-refractivity contribution in [3.05, 3.63) is 5.82 Å². The molecule has 0 radical (unpaired) electrons. The maximum absolute atomic E-state index is 11.6. The maximum atomic E-state index is 11.6. The molecule has 0 fully saturated rings. The van der Waals surface area contributed by atoms with Crippen LogP contribution in [0.15, 0.2) is 0 Å². The minimum Gasteiger partial charge on any atom is -0.463 e. The highest BCUT2D eigenvalue weighted by Gasteiger charge is 2.06. The molecule has 0 spiro atoms. The minimum absolute atomic E-state index is 0.197. The smallest absolute Gasteiger partial charge is 0.293 e. The van der Waals surface area contributed by atoms with Gasteiger partial charge in [0.2, 0.25) is 0 Å². The van der Waals surface area contributed by atoms with Crippen molar-refractivity contribution >= 4 is 11.5 Å². The summed E-state index contributed by atoms with van der Waals surface area (Å²) in [5.74, 6) is 0.541. The third kappa shape index (κ3) is 2.75. The van der Waals surface area contributed by atoms with Crippen LogP contribution >= 0.6 is 11.5 Å². The largest absolute Gasteiger partial charge is 0.463 e. The van der Waals surface area contributed by atoms with E-state index in [1.807, 2.05) is 0 Å². The van der Waals surface area contributed by atoms with Crippen molar-refractivity contribution < 1.29 is 13.5 Å². The Labute approximate surface area is 66.2 Å². The zero-order chi connectivity index (χ0) is 8.27. The van der Waals surface area contributed by atoms with Gasteiger partial charge in [0.1, 0.15) is 5.82 Å². The lowest BCUT2D eigenvalue weighted by Gasteiger charge is -1.97. The van der Waals surface area contributed by atoms with E-state index >= 15 is 0 Å². The highest BCUT2D eigenvalue weighted by atomic mass is 32.1. The number of hydrogen-bond donors (Lipinski definition) is 0. The first-order chi connectivity index (χ1) is 5.18. The molecule has 0 bridgehead atoms. The average Bonchev–Trinajstić information content (AvgIpc) is 2.31. The van der Waals surface area contributed by atoms with E-state index in [-0.39, 0.29) is 5.19 Å². The number of rotatable bonds is 3. The van der Waals surface area contributed by atoms with Crippen LogP contribution in [-0.4, -0.2) is 22.4 Å². The van der Waals surface area contributed by atoms with E-state index in [4.69, 9.17) is 0 Å². The molecule has 0 saturated heterocycles. The molecule has 0 atom stereocenters. The number of hydrogen-bond acceptors (Lipinski definition) is 4. The van der Waals surface area contributed by atoms with E-state index in [0.717, 1.165) is 11.5 Å². The van der Waals surface area contributed by atoms with E-state index < -0.39 is 13.0 Å². The van der Waals surface area contributed by atoms with Gasteiger partial charge in [-0.2, -0.15) is 9.36 Å². The molecule has 1 heterocycles. The standard InChI is InChI=1S/C5H6F2N2OS/c1-3-8-5(11-9-3)10-2-4(6)7/h4H,2H2,1H3. The summed E-state index contributed by atoms with van der Waals surface area (Å²) < 4.78 is 31.5. The van der Waals surface area contributed by atoms with Crippen molar-refractivity contribution in [2.45, 2.75) is 13.3 Å². The first-order valence-electron chi connectivity index (χ1n) is 2.90. The molecule has 0 amide bonds. The second-order valence-electron chi connectivity index (χ2n) is 1.81. The number of halogens is 2. The van der Waals surface area contributed by atoms with Crippen molar-refractivity contribution in [2.75, 3.05) is 6.61 Å². The van der Waals surface area contributed by atoms with Gasteiger partial charge in [-0.3, -0.25) is 0 Å². The molecule has 62 valence electrons. The Morgan fingerprint density at radius 1 is 1.64 bits per heavy atom. The lowest BCUT2D eigenvalue weighted by Crippen LogP contribution is -2.06. The third-order valence-corrected chi connectivity index (χ3v) is 1.56. The fourth-order valence-electron chi connectivity index (χ4n) is 0.471. The van der Waals surface area contributed by atoms with Gasteiger partial charge in [-0.1, -0.05) is 0 Å². The van der Waals surface area contributed by atoms with E-state index in [1.54, 1.807) is 6.92 Å². The summed E-state index contributed by atoms with van der Waals surface area (Å²) in [5.41, 5.74) is 0. The Morgan fingerprint density at radius 2 is 2.36 bits per heavy atom. The van der Waals surface area contributed by atoms with Gasteiger partial charge < -0.3 is 4.74 Å². The molecule has 0 aliphatic carbocycles. The Balaban J connectivity index is 2.39. The van der Waals surface area contributed by atoms with E-state index in [0.29, 0.717) is 5.82 Å². The summed E-state index contributed by atoms with van der Waals surface area (Å²) in [6, 6.07) is 0. The summed E-state index contributed by atoms with van der Waals surface area (Å²) in [6.45, 7) is 1.06. The third-order valence-electron chi connectivity index (χ3n) is 0.842. The minimum atomic E-state index is -2.46. The van der Waals surface area contributed by atoms with Crippen LogP contribution < -0.4 is 4.74 Å². The normalized spacial score (nSPS) is 10.5. The molecule has 0 saturated carbocycles. The molecule has 0 aliphatic rings. The van der Waals surface area contributed by atoms with Gasteiger partial charge in [0.25, 0.3) is 11.6 Å². The topological polar surface area (TPSA) is 35.0 Å². The van der Waals surface area contributed by atoms with Crippen LogP contribution in [0.3, 0.4) is 0 Å². The van der Waals surface area contributed by atoms with Crippen molar-refractivity contribution in [3.63, 3.8) is 0 Å². The van der Waals surface area contributed by atoms with Gasteiger partial charge in [-0.15, -0.1) is 0 Å². The Bertz CT molecular complexity index is 228. The first kappa shape index (κ1) is 8.32. The molecular formula is C5H6F2N2OS. The molecule has 1 aromatic heterocycles. The van der Waals surface area contributed by atoms with E-state index in [2.05, 4.69) is 14.1 Å². The quantitative estimate of drug-likeness (QED) is 0.706. The van der Waals surface area contributed by atoms with Gasteiger partial charge in [-0.05, 0) is 6.92 Å². The van der Waals surface area contributed by atoms with Gasteiger partial charge in [0, 0.05) is 11.5 Å². The van der Waals surface area contributed by atoms with Crippen LogP contribution in [0.25, 0.3) is 0 Å². The fourth-order valence-corrected chi connectivity index (χ4v) is 1.02. The molecule has 0 aliphatic heterocycles. The molecule has 0 aromatic carbocycles. The number of nitrogens with zero attached hydrogens (tertiary/aromatic N) is 2. The maximum Gasteiger partial charge on any atom is 0.293 e. The van der Waals surface area contributed by atoms with Crippen LogP contribution in [0.4, 0.5) is 8.78 Å². The lowest BCUT2D eigenvalue weighted by atomic mass is 10.7. The van der Waals surface area contributed by atoms with Crippen molar-refractivity contribution in [2.24, 2.45) is 0 Å². The van der Waals surface area contributed by atoms with E-state index in [1.165, 1.54) is 0 Å². The second kappa shape index (κ2) is 3.56. The highest BCUT2D eigenvalue weighted by molar-refractivity contribution is 7.07. The predicted octanol–water partition coefficient (Wildman–Crippen LogP) is 1.49. The number of aromatic nitrogens is 2. The summed E-state index contributed by atoms with van der Waals surface area (Å²) in [6.07, 6.45) is -2.46. The Morgan fingerprint density at radius 3 is 2.82 bits per heavy atom. The van der Waals surface area contributed by atoms with Crippen molar-refractivity contribution in [3.8, 4) is 5.19 Å². The molecule has 11 heavy (non-hydrogen) atoms. The Hall–Kier alpha value is -0.780. The molecule has 6 heteroatoms. The molecule has 0 N–H and O–H groups in total. The number of alkyl halides is 2. The van der Waals surface area contributed by atoms with Crippen molar-refractivity contribution in [1.82, 2.24) is 9.36 Å². The van der Waals surface area contributed by atoms with Crippen LogP contribution in [0.2, 0.25) is 0 Å². The van der Waals surface area contributed by atoms with Crippen LogP contribution in [0.5, 0.6) is 5.19 Å². The fraction of sp³-hybridized carbons (Fsp3) is 0.600. The summed E-state index contributed by atoms with van der Waals surface area (Å²) in [5, 5.41) is 0.197. The van der Waals surface area contributed by atoms with Gasteiger partial charge in [-0.25, -0.2) is 8.78 Å². The first-order valence-corrected chi connectivity index (χ1v) is 3.67. The molecule has 3 nitrogen and oxygen atoms in total. The van der Waals surface area contributed by atoms with Crippen molar-refractivity contribution in [1.29, 1.82) is 0 Å². The average molecular weight is 180 g/mol. The molecule has 1 aromatic rings. The highest BCUT2D eigenvalue weighted by Crippen LogP contribution is 2.13. The predicted molar refractivity (Wildman–Crippen MR) is 36.1 cm³/mol.